The van der Waals surface area contributed by atoms with E-state index in [9.17, 15) is 13.2 Å². The third-order valence-corrected chi connectivity index (χ3v) is 4.30. The van der Waals surface area contributed by atoms with Crippen LogP contribution in [-0.2, 0) is 14.6 Å². The maximum atomic E-state index is 11.4. The molecule has 1 aliphatic carbocycles. The molecule has 1 fully saturated rings. The Bertz CT molecular complexity index is 486. The highest BCUT2D eigenvalue weighted by Crippen LogP contribution is 2.19. The Morgan fingerprint density at radius 3 is 2.65 bits per heavy atom. The lowest BCUT2D eigenvalue weighted by Gasteiger charge is -2.10. The van der Waals surface area contributed by atoms with Gasteiger partial charge in [-0.25, -0.2) is 18.2 Å². The van der Waals surface area contributed by atoms with E-state index in [1.807, 2.05) is 0 Å². The first kappa shape index (κ1) is 12.3. The van der Waals surface area contributed by atoms with Crippen LogP contribution in [0.2, 0.25) is 0 Å². The van der Waals surface area contributed by atoms with Crippen molar-refractivity contribution in [3.8, 4) is 0 Å². The van der Waals surface area contributed by atoms with Crippen molar-refractivity contribution in [1.82, 2.24) is 5.32 Å². The summed E-state index contributed by atoms with van der Waals surface area (Å²) in [5.74, 6) is -1.50. The molecule has 0 radical (unpaired) electrons. The summed E-state index contributed by atoms with van der Waals surface area (Å²) in [4.78, 5) is 14.3. The molecule has 1 heterocycles. The van der Waals surface area contributed by atoms with E-state index in [1.165, 1.54) is 12.8 Å². The molecule has 7 heteroatoms. The Morgan fingerprint density at radius 1 is 1.47 bits per heavy atom. The quantitative estimate of drug-likeness (QED) is 0.754. The predicted octanol–water partition coefficient (Wildman–Crippen LogP) is 0.271. The molecule has 2 aliphatic rings. The molecule has 0 atom stereocenters. The number of sulfone groups is 1. The van der Waals surface area contributed by atoms with E-state index in [0.717, 1.165) is 18.2 Å². The van der Waals surface area contributed by atoms with Crippen LogP contribution >= 0.6 is 0 Å². The molecule has 0 aromatic carbocycles. The first-order valence-corrected chi connectivity index (χ1v) is 7.05. The topological polar surface area (TPSA) is 95.8 Å². The molecule has 2 N–H and O–H groups in total. The Hall–Kier alpha value is -1.21. The molecule has 6 nitrogen and oxygen atoms in total. The van der Waals surface area contributed by atoms with Gasteiger partial charge in [-0.2, -0.15) is 0 Å². The Labute approximate surface area is 99.3 Å². The molecule has 0 amide bonds. The molecular weight excluding hydrogens is 244 g/mol. The van der Waals surface area contributed by atoms with Crippen LogP contribution in [0.1, 0.15) is 25.7 Å². The Balaban J connectivity index is 2.01. The van der Waals surface area contributed by atoms with Gasteiger partial charge in [0.2, 0.25) is 14.9 Å². The van der Waals surface area contributed by atoms with Gasteiger partial charge in [-0.05, 0) is 12.8 Å². The number of aliphatic imine (C=N–C) groups is 1. The number of aliphatic carboxylic acids is 1. The first-order valence-electron chi connectivity index (χ1n) is 5.50. The molecule has 0 aromatic heterocycles. The van der Waals surface area contributed by atoms with Gasteiger partial charge < -0.3 is 10.4 Å². The number of hydrogen-bond donors (Lipinski definition) is 2. The molecule has 0 aromatic rings. The van der Waals surface area contributed by atoms with E-state index in [2.05, 4.69) is 10.3 Å². The molecule has 0 bridgehead atoms. The summed E-state index contributed by atoms with van der Waals surface area (Å²) in [5.41, 5.74) is 0.273. The van der Waals surface area contributed by atoms with E-state index in [-0.39, 0.29) is 5.70 Å². The van der Waals surface area contributed by atoms with E-state index in [4.69, 9.17) is 5.11 Å². The van der Waals surface area contributed by atoms with Gasteiger partial charge in [0, 0.05) is 12.6 Å². The summed E-state index contributed by atoms with van der Waals surface area (Å²) in [5, 5.41) is 12.0. The lowest BCUT2D eigenvalue weighted by atomic mass is 10.2. The van der Waals surface area contributed by atoms with E-state index in [1.54, 1.807) is 0 Å². The number of nitrogens with zero attached hydrogens (tertiary/aromatic N) is 1. The number of carbonyl (C=O) groups is 1. The molecule has 1 aliphatic heterocycles. The van der Waals surface area contributed by atoms with Crippen LogP contribution in [0, 0.1) is 0 Å². The standard InChI is InChI=1S/C10H14N2O4S/c13-10(14)9-12-8(6-17(9,15)16)5-11-7-3-1-2-4-7/h6-7,11H,1-5H2,(H,13,14). The fourth-order valence-corrected chi connectivity index (χ4v) is 3.18. The minimum atomic E-state index is -3.83. The van der Waals surface area contributed by atoms with Gasteiger partial charge in [-0.15, -0.1) is 0 Å². The Morgan fingerprint density at radius 2 is 2.12 bits per heavy atom. The van der Waals surface area contributed by atoms with Gasteiger partial charge in [0.05, 0.1) is 11.1 Å². The molecular formula is C10H14N2O4S. The average molecular weight is 258 g/mol. The van der Waals surface area contributed by atoms with E-state index >= 15 is 0 Å². The third-order valence-electron chi connectivity index (χ3n) is 2.92. The average Bonchev–Trinajstić information content (AvgIpc) is 2.81. The molecule has 94 valence electrons. The highest BCUT2D eigenvalue weighted by molar-refractivity contribution is 8.11. The highest BCUT2D eigenvalue weighted by Gasteiger charge is 2.31. The maximum absolute atomic E-state index is 11.4. The zero-order chi connectivity index (χ0) is 12.5. The molecule has 0 saturated heterocycles. The summed E-state index contributed by atoms with van der Waals surface area (Å²) in [6.45, 7) is 0.306. The molecule has 0 unspecified atom stereocenters. The van der Waals surface area contributed by atoms with Crippen LogP contribution in [0.3, 0.4) is 0 Å². The van der Waals surface area contributed by atoms with Crippen LogP contribution in [0.25, 0.3) is 0 Å². The number of carboxylic acid groups (broad SMARTS) is 1. The first-order chi connectivity index (χ1) is 7.99. The second kappa shape index (κ2) is 4.58. The molecule has 0 spiro atoms. The lowest BCUT2D eigenvalue weighted by Crippen LogP contribution is -2.27. The second-order valence-corrected chi connectivity index (χ2v) is 5.95. The van der Waals surface area contributed by atoms with Crippen molar-refractivity contribution in [2.75, 3.05) is 6.54 Å². The maximum Gasteiger partial charge on any atom is 0.366 e. The van der Waals surface area contributed by atoms with Crippen molar-refractivity contribution < 1.29 is 18.3 Å². The second-order valence-electron chi connectivity index (χ2n) is 4.24. The normalized spacial score (nSPS) is 23.5. The summed E-state index contributed by atoms with van der Waals surface area (Å²) in [6, 6.07) is 0.391. The van der Waals surface area contributed by atoms with Crippen LogP contribution < -0.4 is 5.32 Å². The highest BCUT2D eigenvalue weighted by atomic mass is 32.2. The number of rotatable bonds is 4. The van der Waals surface area contributed by atoms with Crippen molar-refractivity contribution in [2.24, 2.45) is 4.99 Å². The SMILES string of the molecule is O=C(O)C1=NC(CNC2CCCC2)=CS1(=O)=O. The van der Waals surface area contributed by atoms with Crippen molar-refractivity contribution in [3.63, 3.8) is 0 Å². The Kier molecular flexibility index (Phi) is 3.30. The van der Waals surface area contributed by atoms with Gasteiger partial charge in [0.1, 0.15) is 0 Å². The zero-order valence-corrected chi connectivity index (χ0v) is 10.0. The zero-order valence-electron chi connectivity index (χ0n) is 9.22. The van der Waals surface area contributed by atoms with Crippen molar-refractivity contribution >= 4 is 20.9 Å². The van der Waals surface area contributed by atoms with Crippen molar-refractivity contribution in [3.05, 3.63) is 11.1 Å². The molecule has 2 rings (SSSR count). The summed E-state index contributed by atoms with van der Waals surface area (Å²) < 4.78 is 22.8. The monoisotopic (exact) mass is 258 g/mol. The van der Waals surface area contributed by atoms with E-state index < -0.39 is 20.9 Å². The fourth-order valence-electron chi connectivity index (χ4n) is 2.08. The number of hydrogen-bond acceptors (Lipinski definition) is 5. The molecule has 1 saturated carbocycles. The van der Waals surface area contributed by atoms with Crippen molar-refractivity contribution in [2.45, 2.75) is 31.7 Å². The van der Waals surface area contributed by atoms with Crippen LogP contribution in [0.5, 0.6) is 0 Å². The molecule has 17 heavy (non-hydrogen) atoms. The van der Waals surface area contributed by atoms with E-state index in [0.29, 0.717) is 12.6 Å². The van der Waals surface area contributed by atoms with Crippen LogP contribution in [0.15, 0.2) is 16.1 Å². The van der Waals surface area contributed by atoms with Gasteiger partial charge in [-0.3, -0.25) is 0 Å². The largest absolute Gasteiger partial charge is 0.476 e. The van der Waals surface area contributed by atoms with Crippen molar-refractivity contribution in [1.29, 1.82) is 0 Å². The summed E-state index contributed by atoms with van der Waals surface area (Å²) in [7, 11) is -3.83. The van der Waals surface area contributed by atoms with Gasteiger partial charge in [0.15, 0.2) is 0 Å². The van der Waals surface area contributed by atoms with Gasteiger partial charge in [-0.1, -0.05) is 12.8 Å². The minimum absolute atomic E-state index is 0.273. The fraction of sp³-hybridized carbons (Fsp3) is 0.600. The minimum Gasteiger partial charge on any atom is -0.476 e. The van der Waals surface area contributed by atoms with Gasteiger partial charge >= 0.3 is 5.97 Å². The smallest absolute Gasteiger partial charge is 0.366 e. The number of nitrogens with one attached hydrogen (secondary N) is 1. The number of carboxylic acids is 1. The van der Waals surface area contributed by atoms with Crippen LogP contribution in [0.4, 0.5) is 0 Å². The van der Waals surface area contributed by atoms with Gasteiger partial charge in [0.25, 0.3) is 0 Å². The summed E-state index contributed by atoms with van der Waals surface area (Å²) in [6.07, 6.45) is 4.52. The third kappa shape index (κ3) is 2.73. The predicted molar refractivity (Wildman–Crippen MR) is 62.3 cm³/mol. The summed E-state index contributed by atoms with van der Waals surface area (Å²) >= 11 is 0. The lowest BCUT2D eigenvalue weighted by molar-refractivity contribution is -0.129. The van der Waals surface area contributed by atoms with Crippen LogP contribution in [-0.4, -0.2) is 37.1 Å².